The number of rotatable bonds is 8. The van der Waals surface area contributed by atoms with E-state index in [1.54, 1.807) is 13.0 Å². The van der Waals surface area contributed by atoms with E-state index in [9.17, 15) is 18.0 Å². The molecule has 0 radical (unpaired) electrons. The van der Waals surface area contributed by atoms with E-state index in [0.29, 0.717) is 18.5 Å². The molecule has 0 aliphatic rings. The fraction of sp³-hybridized carbons (Fsp3) is 0.350. The zero-order valence-corrected chi connectivity index (χ0v) is 16.3. The Hall–Kier alpha value is -2.41. The van der Waals surface area contributed by atoms with E-state index in [4.69, 9.17) is 10.5 Å². The van der Waals surface area contributed by atoms with Crippen molar-refractivity contribution < 1.29 is 22.7 Å². The Morgan fingerprint density at radius 2 is 1.79 bits per heavy atom. The molecular weight excluding hydrogens is 393 g/mol. The molecule has 0 saturated carbocycles. The van der Waals surface area contributed by atoms with Crippen LogP contribution in [0.2, 0.25) is 0 Å². The number of benzene rings is 2. The number of ether oxygens (including phenoxy) is 1. The molecule has 0 heterocycles. The summed E-state index contributed by atoms with van der Waals surface area (Å²) in [5, 5.41) is 2.72. The van der Waals surface area contributed by atoms with Crippen LogP contribution in [0.3, 0.4) is 0 Å². The van der Waals surface area contributed by atoms with Gasteiger partial charge in [-0.3, -0.25) is 4.79 Å². The molecule has 1 unspecified atom stereocenters. The molecule has 0 aromatic heterocycles. The maximum Gasteiger partial charge on any atom is 0.419 e. The first-order valence-corrected chi connectivity index (χ1v) is 8.74. The van der Waals surface area contributed by atoms with Crippen LogP contribution in [-0.2, 0) is 17.4 Å². The molecule has 4 nitrogen and oxygen atoms in total. The smallest absolute Gasteiger partial charge is 0.419 e. The molecule has 8 heteroatoms. The third-order valence-corrected chi connectivity index (χ3v) is 4.14. The van der Waals surface area contributed by atoms with Gasteiger partial charge in [0.25, 0.3) is 0 Å². The van der Waals surface area contributed by atoms with Crippen LogP contribution in [0.4, 0.5) is 18.9 Å². The molecule has 1 atom stereocenters. The van der Waals surface area contributed by atoms with Crippen LogP contribution in [0.15, 0.2) is 48.5 Å². The van der Waals surface area contributed by atoms with Gasteiger partial charge in [-0.2, -0.15) is 13.2 Å². The number of alkyl halides is 3. The Balaban J connectivity index is 0.00000392. The average Bonchev–Trinajstić information content (AvgIpc) is 2.64. The van der Waals surface area contributed by atoms with E-state index < -0.39 is 17.8 Å². The van der Waals surface area contributed by atoms with Gasteiger partial charge >= 0.3 is 6.18 Å². The quantitative estimate of drug-likeness (QED) is 0.617. The SMILES string of the molecule is CCC(CNC(=O)CCc1ccccc1N)Oc1ccccc1C(F)(F)F.Cl. The first-order chi connectivity index (χ1) is 12.8. The maximum absolute atomic E-state index is 13.1. The molecule has 154 valence electrons. The number of nitrogens with two attached hydrogens (primary N) is 1. The minimum Gasteiger partial charge on any atom is -0.488 e. The van der Waals surface area contributed by atoms with Gasteiger partial charge in [-0.25, -0.2) is 0 Å². The zero-order valence-electron chi connectivity index (χ0n) is 15.5. The highest BCUT2D eigenvalue weighted by Crippen LogP contribution is 2.36. The van der Waals surface area contributed by atoms with E-state index in [1.165, 1.54) is 18.2 Å². The number of halogens is 4. The molecule has 0 saturated heterocycles. The summed E-state index contributed by atoms with van der Waals surface area (Å²) in [5.74, 6) is -0.437. The van der Waals surface area contributed by atoms with Crippen LogP contribution in [-0.4, -0.2) is 18.6 Å². The number of para-hydroxylation sites is 2. The zero-order chi connectivity index (χ0) is 19.9. The molecular formula is C20H24ClF3N2O2. The molecule has 2 rings (SSSR count). The molecule has 2 aromatic carbocycles. The van der Waals surface area contributed by atoms with Crippen molar-refractivity contribution in [2.24, 2.45) is 0 Å². The highest BCUT2D eigenvalue weighted by Gasteiger charge is 2.34. The highest BCUT2D eigenvalue weighted by molar-refractivity contribution is 5.85. The van der Waals surface area contributed by atoms with E-state index in [0.717, 1.165) is 11.6 Å². The number of nitrogens with one attached hydrogen (secondary N) is 1. The second-order valence-corrected chi connectivity index (χ2v) is 6.14. The predicted octanol–water partition coefficient (Wildman–Crippen LogP) is 4.62. The van der Waals surface area contributed by atoms with Crippen molar-refractivity contribution in [1.82, 2.24) is 5.32 Å². The molecule has 0 bridgehead atoms. The molecule has 0 aliphatic heterocycles. The minimum absolute atomic E-state index is 0. The number of hydrogen-bond acceptors (Lipinski definition) is 3. The van der Waals surface area contributed by atoms with Crippen LogP contribution in [0.1, 0.15) is 30.9 Å². The summed E-state index contributed by atoms with van der Waals surface area (Å²) in [6.45, 7) is 1.92. The van der Waals surface area contributed by atoms with Gasteiger partial charge in [0.05, 0.1) is 12.1 Å². The number of aryl methyl sites for hydroxylation is 1. The minimum atomic E-state index is -4.49. The average molecular weight is 417 g/mol. The van der Waals surface area contributed by atoms with Gasteiger partial charge < -0.3 is 15.8 Å². The lowest BCUT2D eigenvalue weighted by Crippen LogP contribution is -2.35. The number of carbonyl (C=O) groups is 1. The molecule has 1 amide bonds. The van der Waals surface area contributed by atoms with Gasteiger partial charge in [0.1, 0.15) is 11.9 Å². The summed E-state index contributed by atoms with van der Waals surface area (Å²) in [4.78, 5) is 12.0. The van der Waals surface area contributed by atoms with Crippen molar-refractivity contribution in [3.63, 3.8) is 0 Å². The third-order valence-electron chi connectivity index (χ3n) is 4.14. The Morgan fingerprint density at radius 3 is 2.43 bits per heavy atom. The number of carbonyl (C=O) groups excluding carboxylic acids is 1. The second kappa shape index (κ2) is 10.8. The summed E-state index contributed by atoms with van der Waals surface area (Å²) in [7, 11) is 0. The number of anilines is 1. The van der Waals surface area contributed by atoms with Crippen LogP contribution in [0, 0.1) is 0 Å². The Kier molecular flexibility index (Phi) is 9.12. The van der Waals surface area contributed by atoms with Crippen LogP contribution in [0.5, 0.6) is 5.75 Å². The second-order valence-electron chi connectivity index (χ2n) is 6.14. The monoisotopic (exact) mass is 416 g/mol. The van der Waals surface area contributed by atoms with Gasteiger partial charge in [-0.1, -0.05) is 37.3 Å². The predicted molar refractivity (Wildman–Crippen MR) is 106 cm³/mol. The van der Waals surface area contributed by atoms with Gasteiger partial charge in [-0.15, -0.1) is 12.4 Å². The van der Waals surface area contributed by atoms with Crippen LogP contribution < -0.4 is 15.8 Å². The van der Waals surface area contributed by atoms with E-state index >= 15 is 0 Å². The van der Waals surface area contributed by atoms with Crippen molar-refractivity contribution in [3.05, 3.63) is 59.7 Å². The first-order valence-electron chi connectivity index (χ1n) is 8.74. The van der Waals surface area contributed by atoms with Crippen molar-refractivity contribution in [1.29, 1.82) is 0 Å². The van der Waals surface area contributed by atoms with Crippen molar-refractivity contribution >= 4 is 24.0 Å². The van der Waals surface area contributed by atoms with E-state index in [-0.39, 0.29) is 37.0 Å². The fourth-order valence-electron chi connectivity index (χ4n) is 2.58. The van der Waals surface area contributed by atoms with Crippen molar-refractivity contribution in [2.75, 3.05) is 12.3 Å². The lowest BCUT2D eigenvalue weighted by atomic mass is 10.1. The van der Waals surface area contributed by atoms with Gasteiger partial charge in [0, 0.05) is 12.1 Å². The topological polar surface area (TPSA) is 64.4 Å². The van der Waals surface area contributed by atoms with Gasteiger partial charge in [-0.05, 0) is 36.6 Å². The lowest BCUT2D eigenvalue weighted by molar-refractivity contribution is -0.139. The molecule has 28 heavy (non-hydrogen) atoms. The highest BCUT2D eigenvalue weighted by atomic mass is 35.5. The first kappa shape index (κ1) is 23.6. The summed E-state index contributed by atoms with van der Waals surface area (Å²) < 4.78 is 44.7. The van der Waals surface area contributed by atoms with Gasteiger partial charge in [0.15, 0.2) is 0 Å². The Morgan fingerprint density at radius 1 is 1.14 bits per heavy atom. The Bertz CT molecular complexity index is 769. The van der Waals surface area contributed by atoms with E-state index in [2.05, 4.69) is 5.32 Å². The lowest BCUT2D eigenvalue weighted by Gasteiger charge is -2.21. The fourth-order valence-corrected chi connectivity index (χ4v) is 2.58. The standard InChI is InChI=1S/C20H23F3N2O2.ClH/c1-2-15(27-18-10-6-4-8-16(18)20(21,22)23)13-25-19(26)12-11-14-7-3-5-9-17(14)24;/h3-10,15H,2,11-13,24H2,1H3,(H,25,26);1H. The molecule has 0 aliphatic carbocycles. The van der Waals surface area contributed by atoms with Crippen molar-refractivity contribution in [3.8, 4) is 5.75 Å². The van der Waals surface area contributed by atoms with Crippen molar-refractivity contribution in [2.45, 2.75) is 38.5 Å². The summed E-state index contributed by atoms with van der Waals surface area (Å²) >= 11 is 0. The maximum atomic E-state index is 13.1. The molecule has 2 aromatic rings. The van der Waals surface area contributed by atoms with Gasteiger partial charge in [0.2, 0.25) is 5.91 Å². The number of amides is 1. The molecule has 0 fully saturated rings. The Labute approximate surface area is 168 Å². The molecule has 3 N–H and O–H groups in total. The number of hydrogen-bond donors (Lipinski definition) is 2. The van der Waals surface area contributed by atoms with Crippen LogP contribution >= 0.6 is 12.4 Å². The normalized spacial score (nSPS) is 12.0. The largest absolute Gasteiger partial charge is 0.488 e. The summed E-state index contributed by atoms with van der Waals surface area (Å²) in [6.07, 6.45) is -3.86. The third kappa shape index (κ3) is 6.96. The molecule has 0 spiro atoms. The van der Waals surface area contributed by atoms with Crippen LogP contribution in [0.25, 0.3) is 0 Å². The summed E-state index contributed by atoms with van der Waals surface area (Å²) in [6, 6.07) is 12.4. The number of nitrogen functional groups attached to an aromatic ring is 1. The summed E-state index contributed by atoms with van der Waals surface area (Å²) in [5.41, 5.74) is 6.53. The van der Waals surface area contributed by atoms with E-state index in [1.807, 2.05) is 18.2 Å².